The van der Waals surface area contributed by atoms with Crippen LogP contribution in [0.1, 0.15) is 5.56 Å². The zero-order valence-electron chi connectivity index (χ0n) is 19.3. The number of benzene rings is 1. The predicted octanol–water partition coefficient (Wildman–Crippen LogP) is 3.95. The maximum absolute atomic E-state index is 13.4. The molecule has 0 bridgehead atoms. The lowest BCUT2D eigenvalue weighted by molar-refractivity contribution is -0.137. The number of ether oxygens (including phenoxy) is 2. The number of rotatable bonds is 4. The lowest BCUT2D eigenvalue weighted by Crippen LogP contribution is -2.21. The van der Waals surface area contributed by atoms with Gasteiger partial charge in [-0.05, 0) is 29.8 Å². The van der Waals surface area contributed by atoms with E-state index in [1.54, 1.807) is 43.6 Å². The number of aromatic nitrogens is 5. The number of pyridine rings is 3. The molecule has 0 spiro atoms. The molecule has 2 N–H and O–H groups in total. The summed E-state index contributed by atoms with van der Waals surface area (Å²) in [6.45, 7) is 0. The molecular formula is C24H19F3N6O3. The molecule has 4 heterocycles. The molecular weight excluding hydrogens is 477 g/mol. The third-order valence-electron chi connectivity index (χ3n) is 5.90. The molecule has 0 saturated heterocycles. The average Bonchev–Trinajstić information content (AvgIpc) is 3.13. The number of alkyl halides is 3. The van der Waals surface area contributed by atoms with E-state index in [0.29, 0.717) is 39.1 Å². The summed E-state index contributed by atoms with van der Waals surface area (Å²) in [4.78, 5) is 25.8. The Hall–Kier alpha value is -4.61. The van der Waals surface area contributed by atoms with E-state index in [2.05, 4.69) is 15.0 Å². The van der Waals surface area contributed by atoms with E-state index in [-0.39, 0.29) is 17.1 Å². The molecule has 9 nitrogen and oxygen atoms in total. The molecule has 0 unspecified atom stereocenters. The molecule has 12 heteroatoms. The molecule has 0 radical (unpaired) electrons. The minimum absolute atomic E-state index is 0.155. The molecule has 0 fully saturated rings. The van der Waals surface area contributed by atoms with Crippen LogP contribution in [0.5, 0.6) is 11.8 Å². The summed E-state index contributed by atoms with van der Waals surface area (Å²) in [6, 6.07) is 9.15. The highest BCUT2D eigenvalue weighted by molar-refractivity contribution is 6.04. The Morgan fingerprint density at radius 3 is 2.44 bits per heavy atom. The van der Waals surface area contributed by atoms with Gasteiger partial charge in [-0.25, -0.2) is 9.78 Å². The Morgan fingerprint density at radius 1 is 0.972 bits per heavy atom. The van der Waals surface area contributed by atoms with Crippen LogP contribution in [0, 0.1) is 0 Å². The molecule has 0 amide bonds. The summed E-state index contributed by atoms with van der Waals surface area (Å²) in [5.74, 6) is -0.149. The number of anilines is 1. The molecule has 36 heavy (non-hydrogen) atoms. The molecule has 5 aromatic rings. The second kappa shape index (κ2) is 8.26. The number of hydrogen-bond donors (Lipinski definition) is 1. The fourth-order valence-electron chi connectivity index (χ4n) is 4.11. The van der Waals surface area contributed by atoms with E-state index in [4.69, 9.17) is 15.2 Å². The van der Waals surface area contributed by atoms with Crippen LogP contribution in [0.3, 0.4) is 0 Å². The van der Waals surface area contributed by atoms with Crippen molar-refractivity contribution in [2.75, 3.05) is 20.0 Å². The number of imidazole rings is 1. The van der Waals surface area contributed by atoms with Crippen molar-refractivity contribution in [2.24, 2.45) is 7.05 Å². The van der Waals surface area contributed by atoms with Crippen molar-refractivity contribution in [1.29, 1.82) is 0 Å². The van der Waals surface area contributed by atoms with Crippen molar-refractivity contribution in [3.05, 3.63) is 64.8 Å². The lowest BCUT2D eigenvalue weighted by Gasteiger charge is -2.13. The Balaban J connectivity index is 1.82. The van der Waals surface area contributed by atoms with Crippen molar-refractivity contribution in [3.8, 4) is 28.6 Å². The molecule has 5 rings (SSSR count). The second-order valence-corrected chi connectivity index (χ2v) is 7.94. The van der Waals surface area contributed by atoms with Crippen molar-refractivity contribution < 1.29 is 22.6 Å². The van der Waals surface area contributed by atoms with Gasteiger partial charge in [-0.3, -0.25) is 14.1 Å². The number of hydrogen-bond acceptors (Lipinski definition) is 7. The van der Waals surface area contributed by atoms with Crippen LogP contribution < -0.4 is 20.9 Å². The third kappa shape index (κ3) is 3.58. The standard InChI is InChI=1S/C24H19F3N6O3/c1-32-18-11-29-16-5-4-12(13-9-15(24(25,26)27)21(28)30-10-13)8-14(16)20(18)33(23(32)34)17-6-7-19(35-2)31-22(17)36-3/h4-11H,1-3H3,(H2,28,30). The number of nitrogens with two attached hydrogens (primary N) is 1. The number of aryl methyl sites for hydroxylation is 1. The fourth-order valence-corrected chi connectivity index (χ4v) is 4.11. The van der Waals surface area contributed by atoms with Crippen LogP contribution in [0.4, 0.5) is 19.0 Å². The van der Waals surface area contributed by atoms with E-state index in [9.17, 15) is 18.0 Å². The van der Waals surface area contributed by atoms with Gasteiger partial charge in [-0.2, -0.15) is 18.2 Å². The van der Waals surface area contributed by atoms with Gasteiger partial charge in [0.1, 0.15) is 11.5 Å². The predicted molar refractivity (Wildman–Crippen MR) is 127 cm³/mol. The van der Waals surface area contributed by atoms with Crippen LogP contribution in [-0.2, 0) is 13.2 Å². The van der Waals surface area contributed by atoms with Crippen molar-refractivity contribution >= 4 is 27.8 Å². The normalized spacial score (nSPS) is 11.8. The molecule has 0 aliphatic heterocycles. The molecule has 4 aromatic heterocycles. The monoisotopic (exact) mass is 496 g/mol. The van der Waals surface area contributed by atoms with E-state index < -0.39 is 17.6 Å². The van der Waals surface area contributed by atoms with Crippen molar-refractivity contribution in [1.82, 2.24) is 24.1 Å². The first kappa shape index (κ1) is 23.1. The van der Waals surface area contributed by atoms with E-state index in [1.807, 2.05) is 0 Å². The van der Waals surface area contributed by atoms with Gasteiger partial charge in [0.2, 0.25) is 11.8 Å². The first-order valence-corrected chi connectivity index (χ1v) is 10.6. The van der Waals surface area contributed by atoms with Crippen molar-refractivity contribution in [3.63, 3.8) is 0 Å². The summed E-state index contributed by atoms with van der Waals surface area (Å²) in [6.07, 6.45) is -1.82. The van der Waals surface area contributed by atoms with Gasteiger partial charge in [0.15, 0.2) is 0 Å². The second-order valence-electron chi connectivity index (χ2n) is 7.94. The number of halogens is 3. The van der Waals surface area contributed by atoms with Gasteiger partial charge >= 0.3 is 11.9 Å². The summed E-state index contributed by atoms with van der Waals surface area (Å²) >= 11 is 0. The largest absolute Gasteiger partial charge is 0.481 e. The van der Waals surface area contributed by atoms with E-state index >= 15 is 0 Å². The van der Waals surface area contributed by atoms with Crippen LogP contribution >= 0.6 is 0 Å². The number of fused-ring (bicyclic) bond motifs is 3. The molecule has 0 atom stereocenters. The fraction of sp³-hybridized carbons (Fsp3) is 0.167. The van der Waals surface area contributed by atoms with Gasteiger partial charge in [-0.1, -0.05) is 6.07 Å². The Kier molecular flexibility index (Phi) is 5.31. The van der Waals surface area contributed by atoms with Gasteiger partial charge in [0, 0.05) is 30.3 Å². The highest BCUT2D eigenvalue weighted by Gasteiger charge is 2.34. The highest BCUT2D eigenvalue weighted by Crippen LogP contribution is 2.36. The highest BCUT2D eigenvalue weighted by atomic mass is 19.4. The van der Waals surface area contributed by atoms with Crippen molar-refractivity contribution in [2.45, 2.75) is 6.18 Å². The average molecular weight is 496 g/mol. The minimum Gasteiger partial charge on any atom is -0.481 e. The summed E-state index contributed by atoms with van der Waals surface area (Å²) < 4.78 is 53.7. The molecule has 0 saturated carbocycles. The number of methoxy groups -OCH3 is 2. The van der Waals surface area contributed by atoms with Crippen LogP contribution in [0.2, 0.25) is 0 Å². The summed E-state index contributed by atoms with van der Waals surface area (Å²) in [5, 5.41) is 0.533. The first-order valence-electron chi connectivity index (χ1n) is 10.6. The first-order chi connectivity index (χ1) is 17.1. The Labute approximate surface area is 201 Å². The zero-order valence-corrected chi connectivity index (χ0v) is 19.3. The van der Waals surface area contributed by atoms with Gasteiger partial charge in [-0.15, -0.1) is 0 Å². The molecule has 0 aliphatic rings. The summed E-state index contributed by atoms with van der Waals surface area (Å²) in [5.41, 5.74) is 6.59. The topological polar surface area (TPSA) is 110 Å². The van der Waals surface area contributed by atoms with E-state index in [0.717, 1.165) is 6.07 Å². The van der Waals surface area contributed by atoms with Gasteiger partial charge in [0.05, 0.1) is 42.5 Å². The SMILES string of the molecule is COc1ccc(-n2c(=O)n(C)c3cnc4ccc(-c5cnc(N)c(C(F)(F)F)c5)cc4c32)c(OC)n1. The van der Waals surface area contributed by atoms with Gasteiger partial charge in [0.25, 0.3) is 0 Å². The number of nitrogen functional groups attached to an aromatic ring is 1. The quantitative estimate of drug-likeness (QED) is 0.401. The minimum atomic E-state index is -4.66. The molecule has 1 aromatic carbocycles. The zero-order chi connectivity index (χ0) is 25.8. The molecule has 0 aliphatic carbocycles. The smallest absolute Gasteiger partial charge is 0.419 e. The molecule has 184 valence electrons. The number of nitrogens with zero attached hydrogens (tertiary/aromatic N) is 5. The van der Waals surface area contributed by atoms with Crippen LogP contribution in [0.25, 0.3) is 38.8 Å². The Morgan fingerprint density at radius 2 is 1.75 bits per heavy atom. The third-order valence-corrected chi connectivity index (χ3v) is 5.90. The maximum Gasteiger partial charge on any atom is 0.419 e. The lowest BCUT2D eigenvalue weighted by atomic mass is 10.0. The van der Waals surface area contributed by atoms with Gasteiger partial charge < -0.3 is 15.2 Å². The Bertz CT molecular complexity index is 1710. The maximum atomic E-state index is 13.4. The van der Waals surface area contributed by atoms with Crippen LogP contribution in [-0.4, -0.2) is 38.3 Å². The van der Waals surface area contributed by atoms with E-state index in [1.165, 1.54) is 29.6 Å². The summed E-state index contributed by atoms with van der Waals surface area (Å²) in [7, 11) is 4.48. The van der Waals surface area contributed by atoms with Crippen LogP contribution in [0.15, 0.2) is 53.6 Å².